The van der Waals surface area contributed by atoms with Gasteiger partial charge in [0.05, 0.1) is 4.91 Å². The molecule has 8 heteroatoms. The van der Waals surface area contributed by atoms with Crippen LogP contribution in [0.15, 0.2) is 22.4 Å². The number of piperidine rings is 1. The zero-order chi connectivity index (χ0) is 20.3. The first-order valence-electron chi connectivity index (χ1n) is 9.66. The normalized spacial score (nSPS) is 23.1. The van der Waals surface area contributed by atoms with Crippen molar-refractivity contribution in [1.82, 2.24) is 9.80 Å². The van der Waals surface area contributed by atoms with E-state index in [1.807, 2.05) is 42.3 Å². The summed E-state index contributed by atoms with van der Waals surface area (Å²) < 4.78 is 0.440. The summed E-state index contributed by atoms with van der Waals surface area (Å²) in [6.07, 6.45) is 5.34. The minimum Gasteiger partial charge on any atom is -0.396 e. The third-order valence-corrected chi connectivity index (χ3v) is 7.33. The van der Waals surface area contributed by atoms with Gasteiger partial charge in [0, 0.05) is 24.1 Å². The van der Waals surface area contributed by atoms with Crippen molar-refractivity contribution in [3.8, 4) is 0 Å². The van der Waals surface area contributed by atoms with Crippen LogP contribution in [0.2, 0.25) is 0 Å². The van der Waals surface area contributed by atoms with Crippen molar-refractivity contribution < 1.29 is 14.7 Å². The van der Waals surface area contributed by atoms with E-state index in [0.29, 0.717) is 22.2 Å². The number of likely N-dealkylation sites (tertiary alicyclic amines) is 1. The molecule has 2 saturated heterocycles. The molecule has 0 bridgehead atoms. The van der Waals surface area contributed by atoms with Gasteiger partial charge < -0.3 is 10.0 Å². The van der Waals surface area contributed by atoms with Crippen LogP contribution in [0.3, 0.4) is 0 Å². The van der Waals surface area contributed by atoms with Crippen molar-refractivity contribution in [3.05, 3.63) is 27.3 Å². The van der Waals surface area contributed by atoms with Crippen LogP contribution in [0.25, 0.3) is 6.08 Å². The Balaban J connectivity index is 1.86. The Morgan fingerprint density at radius 3 is 2.86 bits per heavy atom. The fraction of sp³-hybridized carbons (Fsp3) is 0.550. The molecule has 1 aromatic rings. The maximum Gasteiger partial charge on any atom is 0.266 e. The van der Waals surface area contributed by atoms with E-state index in [1.54, 1.807) is 11.3 Å². The highest BCUT2D eigenvalue weighted by Crippen LogP contribution is 2.37. The molecule has 0 unspecified atom stereocenters. The summed E-state index contributed by atoms with van der Waals surface area (Å²) in [6, 6.07) is 3.32. The van der Waals surface area contributed by atoms with Crippen molar-refractivity contribution >= 4 is 57.5 Å². The molecule has 1 aromatic heterocycles. The minimum atomic E-state index is -0.610. The smallest absolute Gasteiger partial charge is 0.266 e. The SMILES string of the molecule is CC(C)[C@H](C(=O)N1CCCC[C@@H]1CCO)N1C(=O)/C(=C/c2cccs2)SC1=S. The van der Waals surface area contributed by atoms with E-state index < -0.39 is 6.04 Å². The summed E-state index contributed by atoms with van der Waals surface area (Å²) in [5.41, 5.74) is 0. The van der Waals surface area contributed by atoms with Gasteiger partial charge in [0.2, 0.25) is 5.91 Å². The van der Waals surface area contributed by atoms with Gasteiger partial charge in [-0.05, 0) is 49.1 Å². The van der Waals surface area contributed by atoms with Gasteiger partial charge in [0.1, 0.15) is 10.4 Å². The minimum absolute atomic E-state index is 0.0348. The summed E-state index contributed by atoms with van der Waals surface area (Å²) in [7, 11) is 0. The number of hydrogen-bond acceptors (Lipinski definition) is 6. The highest BCUT2D eigenvalue weighted by molar-refractivity contribution is 8.26. The molecule has 2 atom stereocenters. The largest absolute Gasteiger partial charge is 0.396 e. The summed E-state index contributed by atoms with van der Waals surface area (Å²) in [6.45, 7) is 4.64. The molecule has 0 spiro atoms. The average Bonchev–Trinajstić information content (AvgIpc) is 3.26. The molecule has 2 amide bonds. The number of aliphatic hydroxyl groups excluding tert-OH is 1. The summed E-state index contributed by atoms with van der Waals surface area (Å²) in [5, 5.41) is 11.3. The first kappa shape index (κ1) is 21.5. The van der Waals surface area contributed by atoms with Gasteiger partial charge in [0.25, 0.3) is 5.91 Å². The number of thioether (sulfide) groups is 1. The standard InChI is InChI=1S/C20H26N2O3S3/c1-13(2)17(19(25)21-9-4-3-6-14(21)8-10-23)22-18(24)16(28-20(22)26)12-15-7-5-11-27-15/h5,7,11-14,17,23H,3-4,6,8-10H2,1-2H3/b16-12-/t14-,17-/m1/s1. The summed E-state index contributed by atoms with van der Waals surface area (Å²) in [4.78, 5) is 31.6. The lowest BCUT2D eigenvalue weighted by Gasteiger charge is -2.40. The Bertz CT molecular complexity index is 759. The van der Waals surface area contributed by atoms with Crippen molar-refractivity contribution in [2.24, 2.45) is 5.92 Å². The average molecular weight is 439 g/mol. The fourth-order valence-corrected chi connectivity index (χ4v) is 5.88. The number of aliphatic hydroxyl groups is 1. The van der Waals surface area contributed by atoms with Crippen LogP contribution < -0.4 is 0 Å². The first-order valence-corrected chi connectivity index (χ1v) is 11.8. The number of carbonyl (C=O) groups excluding carboxylic acids is 2. The third kappa shape index (κ3) is 4.50. The molecule has 2 fully saturated rings. The van der Waals surface area contributed by atoms with E-state index in [2.05, 4.69) is 0 Å². The van der Waals surface area contributed by atoms with E-state index in [-0.39, 0.29) is 30.4 Å². The molecule has 2 aliphatic heterocycles. The van der Waals surface area contributed by atoms with Crippen LogP contribution in [0.1, 0.15) is 44.4 Å². The molecule has 3 heterocycles. The van der Waals surface area contributed by atoms with E-state index in [9.17, 15) is 14.7 Å². The lowest BCUT2D eigenvalue weighted by atomic mass is 9.95. The van der Waals surface area contributed by atoms with Crippen molar-refractivity contribution in [3.63, 3.8) is 0 Å². The van der Waals surface area contributed by atoms with Gasteiger partial charge in [0.15, 0.2) is 0 Å². The molecule has 28 heavy (non-hydrogen) atoms. The Morgan fingerprint density at radius 1 is 1.43 bits per heavy atom. The van der Waals surface area contributed by atoms with Crippen LogP contribution in [0.4, 0.5) is 0 Å². The number of hydrogen-bond donors (Lipinski definition) is 1. The molecule has 152 valence electrons. The second kappa shape index (κ2) is 9.52. The quantitative estimate of drug-likeness (QED) is 0.542. The Morgan fingerprint density at radius 2 is 2.21 bits per heavy atom. The number of rotatable bonds is 6. The number of nitrogens with zero attached hydrogens (tertiary/aromatic N) is 2. The predicted octanol–water partition coefficient (Wildman–Crippen LogP) is 3.74. The van der Waals surface area contributed by atoms with Gasteiger partial charge in [-0.15, -0.1) is 11.3 Å². The number of carbonyl (C=O) groups is 2. The summed E-state index contributed by atoms with van der Waals surface area (Å²) >= 11 is 8.33. The molecule has 5 nitrogen and oxygen atoms in total. The van der Waals surface area contributed by atoms with Gasteiger partial charge in [-0.25, -0.2) is 0 Å². The molecule has 0 aliphatic carbocycles. The van der Waals surface area contributed by atoms with Gasteiger partial charge >= 0.3 is 0 Å². The zero-order valence-corrected chi connectivity index (χ0v) is 18.6. The molecule has 0 saturated carbocycles. The monoisotopic (exact) mass is 438 g/mol. The van der Waals surface area contributed by atoms with Crippen LogP contribution in [-0.2, 0) is 9.59 Å². The van der Waals surface area contributed by atoms with Crippen molar-refractivity contribution in [1.29, 1.82) is 0 Å². The molecule has 0 radical (unpaired) electrons. The van der Waals surface area contributed by atoms with Crippen LogP contribution in [0, 0.1) is 5.92 Å². The van der Waals surface area contributed by atoms with Crippen molar-refractivity contribution in [2.75, 3.05) is 13.2 Å². The zero-order valence-electron chi connectivity index (χ0n) is 16.2. The maximum atomic E-state index is 13.5. The van der Waals surface area contributed by atoms with E-state index in [1.165, 1.54) is 16.7 Å². The first-order chi connectivity index (χ1) is 13.4. The Hall–Kier alpha value is -1.22. The van der Waals surface area contributed by atoms with Gasteiger partial charge in [-0.2, -0.15) is 0 Å². The number of thiophene rings is 1. The van der Waals surface area contributed by atoms with Crippen LogP contribution in [-0.4, -0.2) is 56.3 Å². The van der Waals surface area contributed by atoms with Crippen molar-refractivity contribution in [2.45, 2.75) is 51.6 Å². The molecular formula is C20H26N2O3S3. The van der Waals surface area contributed by atoms with Gasteiger partial charge in [-0.1, -0.05) is 43.9 Å². The van der Waals surface area contributed by atoms with Crippen LogP contribution >= 0.6 is 35.3 Å². The van der Waals surface area contributed by atoms with Gasteiger partial charge in [-0.3, -0.25) is 14.5 Å². The number of amides is 2. The summed E-state index contributed by atoms with van der Waals surface area (Å²) in [5.74, 6) is -0.305. The highest BCUT2D eigenvalue weighted by Gasteiger charge is 2.44. The number of thiocarbonyl (C=S) groups is 1. The third-order valence-electron chi connectivity index (χ3n) is 5.18. The second-order valence-electron chi connectivity index (χ2n) is 7.45. The molecule has 3 rings (SSSR count). The van der Waals surface area contributed by atoms with E-state index >= 15 is 0 Å². The van der Waals surface area contributed by atoms with Crippen LogP contribution in [0.5, 0.6) is 0 Å². The Labute approximate surface area is 179 Å². The lowest BCUT2D eigenvalue weighted by Crippen LogP contribution is -2.56. The topological polar surface area (TPSA) is 60.9 Å². The predicted molar refractivity (Wildman–Crippen MR) is 119 cm³/mol. The fourth-order valence-electron chi connectivity index (χ4n) is 3.83. The second-order valence-corrected chi connectivity index (χ2v) is 10.1. The lowest BCUT2D eigenvalue weighted by molar-refractivity contribution is -0.145. The Kier molecular flexibility index (Phi) is 7.31. The molecular weight excluding hydrogens is 412 g/mol. The van der Waals surface area contributed by atoms with E-state index in [4.69, 9.17) is 12.2 Å². The maximum absolute atomic E-state index is 13.5. The molecule has 1 N–H and O–H groups in total. The highest BCUT2D eigenvalue weighted by atomic mass is 32.2. The molecule has 2 aliphatic rings. The van der Waals surface area contributed by atoms with E-state index in [0.717, 1.165) is 24.1 Å². The molecule has 0 aromatic carbocycles.